The molecule has 0 aromatic heterocycles. The van der Waals surface area contributed by atoms with Crippen molar-refractivity contribution in [2.75, 3.05) is 0 Å². The summed E-state index contributed by atoms with van der Waals surface area (Å²) in [6.07, 6.45) is 0. The Morgan fingerprint density at radius 3 is 1.46 bits per heavy atom. The van der Waals surface area contributed by atoms with Gasteiger partial charge in [-0.15, -0.1) is 0 Å². The molecule has 0 N–H and O–H groups in total. The van der Waals surface area contributed by atoms with Crippen molar-refractivity contribution in [1.82, 2.24) is 0 Å². The summed E-state index contributed by atoms with van der Waals surface area (Å²) >= 11 is 0. The van der Waals surface area contributed by atoms with E-state index in [0.717, 1.165) is 11.5 Å². The van der Waals surface area contributed by atoms with Crippen LogP contribution in [0.3, 0.4) is 0 Å². The van der Waals surface area contributed by atoms with Gasteiger partial charge in [0.1, 0.15) is 11.5 Å². The Hall–Kier alpha value is -0.312. The zero-order chi connectivity index (χ0) is 20.8. The van der Waals surface area contributed by atoms with Crippen LogP contribution < -0.4 is 8.85 Å². The van der Waals surface area contributed by atoms with Crippen molar-refractivity contribution in [2.45, 2.75) is 91.7 Å². The highest BCUT2D eigenvalue weighted by Gasteiger charge is 2.42. The molecule has 0 saturated carbocycles. The average Bonchev–Trinajstić information content (AvgIpc) is 2.35. The van der Waals surface area contributed by atoms with E-state index < -0.39 is 30.9 Å². The van der Waals surface area contributed by atoms with Crippen LogP contribution in [0.5, 0.6) is 11.5 Å². The van der Waals surface area contributed by atoms with Crippen molar-refractivity contribution in [1.29, 1.82) is 0 Å². The van der Waals surface area contributed by atoms with Crippen LogP contribution in [0.15, 0.2) is 18.2 Å². The second kappa shape index (κ2) is 7.26. The van der Waals surface area contributed by atoms with Gasteiger partial charge < -0.3 is 8.85 Å². The Morgan fingerprint density at radius 2 is 1.08 bits per heavy atom. The van der Waals surface area contributed by atoms with Crippen molar-refractivity contribution in [3.8, 4) is 11.5 Å². The number of rotatable bonds is 6. The maximum absolute atomic E-state index is 6.74. The molecule has 0 heterocycles. The van der Waals surface area contributed by atoms with Crippen molar-refractivity contribution in [2.24, 2.45) is 0 Å². The highest BCUT2D eigenvalue weighted by molar-refractivity contribution is 7.38. The van der Waals surface area contributed by atoms with Crippen LogP contribution in [0.4, 0.5) is 0 Å². The summed E-state index contributed by atoms with van der Waals surface area (Å²) in [7, 11) is -6.08. The first-order chi connectivity index (χ1) is 11.3. The molecule has 0 aliphatic rings. The minimum atomic E-state index is -1.74. The van der Waals surface area contributed by atoms with Crippen LogP contribution in [0.25, 0.3) is 0 Å². The smallest absolute Gasteiger partial charge is 0.228 e. The number of hydrogen-bond acceptors (Lipinski definition) is 2. The van der Waals surface area contributed by atoms with Crippen molar-refractivity contribution >= 4 is 30.9 Å². The Morgan fingerprint density at radius 1 is 0.654 bits per heavy atom. The Kier molecular flexibility index (Phi) is 6.62. The van der Waals surface area contributed by atoms with Gasteiger partial charge in [0.15, 0.2) is 0 Å². The Labute approximate surface area is 166 Å². The molecule has 0 fully saturated rings. The van der Waals surface area contributed by atoms with E-state index >= 15 is 0 Å². The molecular weight excluding hydrogens is 385 g/mol. The van der Waals surface area contributed by atoms with Gasteiger partial charge >= 0.3 is 0 Å². The summed E-state index contributed by atoms with van der Waals surface area (Å²) in [6, 6.07) is 6.55. The van der Waals surface area contributed by atoms with E-state index in [1.807, 2.05) is 0 Å². The van der Waals surface area contributed by atoms with Crippen LogP contribution in [-0.4, -0.2) is 30.9 Å². The molecule has 0 atom stereocenters. The maximum Gasteiger partial charge on any atom is 0.228 e. The Bertz CT molecular complexity index is 633. The first kappa shape index (κ1) is 23.7. The molecule has 0 aliphatic carbocycles. The second-order valence-electron chi connectivity index (χ2n) is 11.6. The molecule has 6 heteroatoms. The number of hydrogen-bond donors (Lipinski definition) is 0. The summed E-state index contributed by atoms with van der Waals surface area (Å²) in [6.45, 7) is 30.8. The van der Waals surface area contributed by atoms with Gasteiger partial charge in [0.05, 0.1) is 15.2 Å². The maximum atomic E-state index is 6.74. The van der Waals surface area contributed by atoms with E-state index in [0.29, 0.717) is 0 Å². The molecule has 150 valence electrons. The molecule has 0 spiro atoms. The molecular formula is C20H42O2Si4. The predicted molar refractivity (Wildman–Crippen MR) is 128 cm³/mol. The highest BCUT2D eigenvalue weighted by atomic mass is 29.3. The summed E-state index contributed by atoms with van der Waals surface area (Å²) < 4.78 is 13.4. The predicted octanol–water partition coefficient (Wildman–Crippen LogP) is 6.99. The molecule has 0 saturated heterocycles. The van der Waals surface area contributed by atoms with Crippen LogP contribution in [-0.2, 0) is 5.41 Å². The lowest BCUT2D eigenvalue weighted by atomic mass is 9.86. The minimum absolute atomic E-state index is 0.0312. The lowest BCUT2D eigenvalue weighted by Gasteiger charge is -2.38. The third kappa shape index (κ3) is 5.59. The van der Waals surface area contributed by atoms with E-state index in [4.69, 9.17) is 8.85 Å². The van der Waals surface area contributed by atoms with E-state index in [9.17, 15) is 0 Å². The van der Waals surface area contributed by atoms with Gasteiger partial charge in [-0.05, 0) is 49.8 Å². The van der Waals surface area contributed by atoms with E-state index in [-0.39, 0.29) is 5.41 Å². The quantitative estimate of drug-likeness (QED) is 0.456. The summed E-state index contributed by atoms with van der Waals surface area (Å²) in [5.74, 6) is 2.09. The van der Waals surface area contributed by atoms with Gasteiger partial charge in [0.2, 0.25) is 15.7 Å². The number of benzene rings is 1. The molecule has 0 amide bonds. The van der Waals surface area contributed by atoms with E-state index in [1.165, 1.54) is 5.56 Å². The Balaban J connectivity index is 3.33. The molecule has 26 heavy (non-hydrogen) atoms. The van der Waals surface area contributed by atoms with E-state index in [1.54, 1.807) is 0 Å². The monoisotopic (exact) mass is 426 g/mol. The van der Waals surface area contributed by atoms with Crippen LogP contribution in [0.1, 0.15) is 26.3 Å². The fourth-order valence-electron chi connectivity index (χ4n) is 2.12. The lowest BCUT2D eigenvalue weighted by molar-refractivity contribution is 0.504. The second-order valence-corrected chi connectivity index (χ2v) is 43.3. The molecule has 1 rings (SSSR count). The molecule has 0 aliphatic heterocycles. The average molecular weight is 427 g/mol. The third-order valence-electron chi connectivity index (χ3n) is 6.11. The molecule has 1 aromatic carbocycles. The first-order valence-electron chi connectivity index (χ1n) is 9.80. The van der Waals surface area contributed by atoms with Crippen LogP contribution >= 0.6 is 0 Å². The van der Waals surface area contributed by atoms with Crippen molar-refractivity contribution in [3.05, 3.63) is 23.8 Å². The van der Waals surface area contributed by atoms with Gasteiger partial charge in [-0.2, -0.15) is 0 Å². The minimum Gasteiger partial charge on any atom is -0.547 e. The summed E-state index contributed by atoms with van der Waals surface area (Å²) in [4.78, 5) is 0. The van der Waals surface area contributed by atoms with Crippen molar-refractivity contribution in [3.63, 3.8) is 0 Å². The fourth-order valence-corrected chi connectivity index (χ4v) is 6.70. The third-order valence-corrected chi connectivity index (χ3v) is 37.1. The summed E-state index contributed by atoms with van der Waals surface area (Å²) in [5, 5.41) is 0. The lowest BCUT2D eigenvalue weighted by Crippen LogP contribution is -2.57. The van der Waals surface area contributed by atoms with Gasteiger partial charge in [0, 0.05) is 5.56 Å². The normalized spacial score (nSPS) is 14.3. The molecule has 0 unspecified atom stereocenters. The molecule has 0 bridgehead atoms. The SMILES string of the molecule is CC(C)(C)c1cc(O[Si](C)(C)[Si](C)(C)C)ccc1O[Si](C)(C)[Si](C)(C)C. The molecule has 0 radical (unpaired) electrons. The zero-order valence-corrected chi connectivity index (χ0v) is 23.5. The highest BCUT2D eigenvalue weighted by Crippen LogP contribution is 2.38. The first-order valence-corrected chi connectivity index (χ1v) is 24.6. The van der Waals surface area contributed by atoms with Crippen LogP contribution in [0, 0.1) is 0 Å². The largest absolute Gasteiger partial charge is 0.547 e. The van der Waals surface area contributed by atoms with Crippen molar-refractivity contribution < 1.29 is 8.85 Å². The van der Waals surface area contributed by atoms with E-state index in [2.05, 4.69) is 104 Å². The zero-order valence-electron chi connectivity index (χ0n) is 19.5. The standard InChI is InChI=1S/C20H42O2Si4/c1-20(2,3)18-16-17(21-25(10,11)23(4,5)6)14-15-19(18)22-26(12,13)24(7,8)9/h14-16H,1-13H3. The molecule has 1 aromatic rings. The fraction of sp³-hybridized carbons (Fsp3) is 0.700. The summed E-state index contributed by atoms with van der Waals surface area (Å²) in [5.41, 5.74) is 1.30. The topological polar surface area (TPSA) is 18.5 Å². The van der Waals surface area contributed by atoms with Crippen LogP contribution in [0.2, 0.25) is 65.5 Å². The molecule has 2 nitrogen and oxygen atoms in total. The van der Waals surface area contributed by atoms with Gasteiger partial charge in [-0.25, -0.2) is 0 Å². The van der Waals surface area contributed by atoms with Gasteiger partial charge in [0.25, 0.3) is 0 Å². The van der Waals surface area contributed by atoms with Gasteiger partial charge in [-0.1, -0.05) is 60.1 Å². The van der Waals surface area contributed by atoms with Gasteiger partial charge in [-0.3, -0.25) is 0 Å².